The standard InChI is InChI=1S/C12H15NO3/c1-8(14)13-11(12-7-16-12)6-9-2-4-10(15)5-3-9/h2-5,11-12,15H,6-7H2,1H3,(H,13,14)/t11-,12+/m0/s1. The molecule has 2 atom stereocenters. The van der Waals surface area contributed by atoms with Crippen LogP contribution in [0.5, 0.6) is 5.75 Å². The molecule has 4 heteroatoms. The van der Waals surface area contributed by atoms with E-state index >= 15 is 0 Å². The Morgan fingerprint density at radius 2 is 2.19 bits per heavy atom. The van der Waals surface area contributed by atoms with Crippen molar-refractivity contribution in [1.82, 2.24) is 5.32 Å². The third kappa shape index (κ3) is 2.97. The van der Waals surface area contributed by atoms with Gasteiger partial charge < -0.3 is 15.2 Å². The van der Waals surface area contributed by atoms with Crippen LogP contribution >= 0.6 is 0 Å². The Morgan fingerprint density at radius 3 is 2.69 bits per heavy atom. The van der Waals surface area contributed by atoms with E-state index in [0.29, 0.717) is 6.61 Å². The van der Waals surface area contributed by atoms with Gasteiger partial charge in [0.05, 0.1) is 12.6 Å². The van der Waals surface area contributed by atoms with Crippen LogP contribution < -0.4 is 5.32 Å². The molecule has 0 aliphatic carbocycles. The van der Waals surface area contributed by atoms with Crippen molar-refractivity contribution in [2.45, 2.75) is 25.5 Å². The molecule has 0 radical (unpaired) electrons. The summed E-state index contributed by atoms with van der Waals surface area (Å²) in [4.78, 5) is 11.0. The van der Waals surface area contributed by atoms with Crippen molar-refractivity contribution in [1.29, 1.82) is 0 Å². The number of ether oxygens (including phenoxy) is 1. The van der Waals surface area contributed by atoms with Crippen LogP contribution in [0.25, 0.3) is 0 Å². The molecule has 1 amide bonds. The molecular formula is C12H15NO3. The van der Waals surface area contributed by atoms with E-state index in [4.69, 9.17) is 9.84 Å². The molecule has 0 bridgehead atoms. The van der Waals surface area contributed by atoms with Crippen LogP contribution in [0.1, 0.15) is 12.5 Å². The van der Waals surface area contributed by atoms with Gasteiger partial charge in [-0.3, -0.25) is 4.79 Å². The maximum absolute atomic E-state index is 11.0. The van der Waals surface area contributed by atoms with Gasteiger partial charge in [0, 0.05) is 6.92 Å². The van der Waals surface area contributed by atoms with Crippen molar-refractivity contribution < 1.29 is 14.6 Å². The summed E-state index contributed by atoms with van der Waals surface area (Å²) < 4.78 is 5.20. The number of phenols is 1. The van der Waals surface area contributed by atoms with E-state index in [9.17, 15) is 4.79 Å². The fraction of sp³-hybridized carbons (Fsp3) is 0.417. The Balaban J connectivity index is 1.99. The summed E-state index contributed by atoms with van der Waals surface area (Å²) in [5.41, 5.74) is 1.08. The molecule has 0 unspecified atom stereocenters. The normalized spacial score (nSPS) is 20.2. The molecule has 2 N–H and O–H groups in total. The zero-order chi connectivity index (χ0) is 11.5. The van der Waals surface area contributed by atoms with E-state index in [2.05, 4.69) is 5.32 Å². The maximum atomic E-state index is 11.0. The van der Waals surface area contributed by atoms with E-state index in [1.165, 1.54) is 6.92 Å². The van der Waals surface area contributed by atoms with Crippen LogP contribution in [0.3, 0.4) is 0 Å². The Bertz CT molecular complexity index is 370. The monoisotopic (exact) mass is 221 g/mol. The number of benzene rings is 1. The summed E-state index contributed by atoms with van der Waals surface area (Å²) in [6, 6.07) is 7.03. The van der Waals surface area contributed by atoms with Crippen molar-refractivity contribution in [2.24, 2.45) is 0 Å². The average molecular weight is 221 g/mol. The zero-order valence-corrected chi connectivity index (χ0v) is 9.14. The first kappa shape index (κ1) is 11.0. The quantitative estimate of drug-likeness (QED) is 0.740. The maximum Gasteiger partial charge on any atom is 0.217 e. The smallest absolute Gasteiger partial charge is 0.217 e. The Labute approximate surface area is 94.2 Å². The number of rotatable bonds is 4. The molecule has 2 rings (SSSR count). The van der Waals surface area contributed by atoms with Crippen LogP contribution in [-0.4, -0.2) is 29.8 Å². The van der Waals surface area contributed by atoms with Crippen molar-refractivity contribution in [3.8, 4) is 5.75 Å². The van der Waals surface area contributed by atoms with Crippen LogP contribution in [0, 0.1) is 0 Å². The van der Waals surface area contributed by atoms with Gasteiger partial charge >= 0.3 is 0 Å². The summed E-state index contributed by atoms with van der Waals surface area (Å²) in [5.74, 6) is 0.210. The predicted octanol–water partition coefficient (Wildman–Crippen LogP) is 0.838. The number of phenolic OH excluding ortho intramolecular Hbond substituents is 1. The highest BCUT2D eigenvalue weighted by molar-refractivity contribution is 5.73. The number of hydrogen-bond acceptors (Lipinski definition) is 3. The zero-order valence-electron chi connectivity index (χ0n) is 9.14. The lowest BCUT2D eigenvalue weighted by molar-refractivity contribution is -0.119. The average Bonchev–Trinajstić information content (AvgIpc) is 3.03. The van der Waals surface area contributed by atoms with Crippen LogP contribution in [0.15, 0.2) is 24.3 Å². The fourth-order valence-corrected chi connectivity index (χ4v) is 1.71. The lowest BCUT2D eigenvalue weighted by Crippen LogP contribution is -2.39. The third-order valence-electron chi connectivity index (χ3n) is 2.59. The second-order valence-corrected chi connectivity index (χ2v) is 4.05. The predicted molar refractivity (Wildman–Crippen MR) is 59.2 cm³/mol. The molecule has 1 aromatic rings. The molecule has 86 valence electrons. The van der Waals surface area contributed by atoms with Gasteiger partial charge in [-0.15, -0.1) is 0 Å². The molecule has 1 fully saturated rings. The number of hydrogen-bond donors (Lipinski definition) is 2. The number of amides is 1. The lowest BCUT2D eigenvalue weighted by Gasteiger charge is -2.15. The minimum atomic E-state index is -0.0423. The molecular weight excluding hydrogens is 206 g/mol. The van der Waals surface area contributed by atoms with Crippen molar-refractivity contribution in [2.75, 3.05) is 6.61 Å². The lowest BCUT2D eigenvalue weighted by atomic mass is 10.0. The van der Waals surface area contributed by atoms with Gasteiger partial charge in [-0.05, 0) is 24.1 Å². The van der Waals surface area contributed by atoms with Gasteiger partial charge in [0.15, 0.2) is 0 Å². The van der Waals surface area contributed by atoms with E-state index < -0.39 is 0 Å². The van der Waals surface area contributed by atoms with Gasteiger partial charge in [0.25, 0.3) is 0 Å². The molecule has 1 aliphatic rings. The number of carbonyl (C=O) groups excluding carboxylic acids is 1. The summed E-state index contributed by atoms with van der Waals surface area (Å²) >= 11 is 0. The Kier molecular flexibility index (Phi) is 3.10. The van der Waals surface area contributed by atoms with E-state index in [0.717, 1.165) is 12.0 Å². The van der Waals surface area contributed by atoms with Crippen LogP contribution in [-0.2, 0) is 16.0 Å². The van der Waals surface area contributed by atoms with Crippen molar-refractivity contribution in [3.05, 3.63) is 29.8 Å². The molecule has 16 heavy (non-hydrogen) atoms. The summed E-state index contributed by atoms with van der Waals surface area (Å²) in [7, 11) is 0. The molecule has 1 heterocycles. The van der Waals surface area contributed by atoms with Crippen molar-refractivity contribution in [3.63, 3.8) is 0 Å². The number of carbonyl (C=O) groups is 1. The van der Waals surface area contributed by atoms with Gasteiger partial charge in [-0.1, -0.05) is 12.1 Å². The molecule has 1 aliphatic heterocycles. The summed E-state index contributed by atoms with van der Waals surface area (Å²) in [6.07, 6.45) is 0.863. The minimum absolute atomic E-state index is 0.0297. The largest absolute Gasteiger partial charge is 0.508 e. The molecule has 4 nitrogen and oxygen atoms in total. The van der Waals surface area contributed by atoms with Gasteiger partial charge in [-0.25, -0.2) is 0 Å². The van der Waals surface area contributed by atoms with E-state index in [1.807, 2.05) is 12.1 Å². The molecule has 1 aromatic carbocycles. The highest BCUT2D eigenvalue weighted by Gasteiger charge is 2.33. The number of epoxide rings is 1. The molecule has 0 aromatic heterocycles. The number of aromatic hydroxyl groups is 1. The first-order chi connectivity index (χ1) is 7.65. The summed E-state index contributed by atoms with van der Waals surface area (Å²) in [6.45, 7) is 2.22. The van der Waals surface area contributed by atoms with Crippen LogP contribution in [0.4, 0.5) is 0 Å². The van der Waals surface area contributed by atoms with E-state index in [1.54, 1.807) is 12.1 Å². The SMILES string of the molecule is CC(=O)N[C@@H](Cc1ccc(O)cc1)[C@H]1CO1. The van der Waals surface area contributed by atoms with E-state index in [-0.39, 0.29) is 23.8 Å². The van der Waals surface area contributed by atoms with Gasteiger partial charge in [0.2, 0.25) is 5.91 Å². The molecule has 0 saturated carbocycles. The van der Waals surface area contributed by atoms with Crippen molar-refractivity contribution >= 4 is 5.91 Å². The topological polar surface area (TPSA) is 61.9 Å². The fourth-order valence-electron chi connectivity index (χ4n) is 1.71. The molecule has 0 spiro atoms. The first-order valence-electron chi connectivity index (χ1n) is 5.32. The number of nitrogens with one attached hydrogen (secondary N) is 1. The third-order valence-corrected chi connectivity index (χ3v) is 2.59. The second-order valence-electron chi connectivity index (χ2n) is 4.05. The highest BCUT2D eigenvalue weighted by atomic mass is 16.6. The van der Waals surface area contributed by atoms with Gasteiger partial charge in [0.1, 0.15) is 11.9 Å². The minimum Gasteiger partial charge on any atom is -0.508 e. The Hall–Kier alpha value is -1.55. The summed E-state index contributed by atoms with van der Waals surface area (Å²) in [5, 5.41) is 12.0. The van der Waals surface area contributed by atoms with Gasteiger partial charge in [-0.2, -0.15) is 0 Å². The Morgan fingerprint density at radius 1 is 1.56 bits per heavy atom. The molecule has 1 saturated heterocycles. The highest BCUT2D eigenvalue weighted by Crippen LogP contribution is 2.19. The first-order valence-corrected chi connectivity index (χ1v) is 5.32. The van der Waals surface area contributed by atoms with Crippen LogP contribution in [0.2, 0.25) is 0 Å². The second kappa shape index (κ2) is 4.53.